The Hall–Kier alpha value is -2.32. The Bertz CT molecular complexity index is 711. The second-order valence-electron chi connectivity index (χ2n) is 3.96. The van der Waals surface area contributed by atoms with Crippen LogP contribution in [0.2, 0.25) is 0 Å². The Morgan fingerprint density at radius 1 is 1.00 bits per heavy atom. The van der Waals surface area contributed by atoms with Gasteiger partial charge in [-0.2, -0.15) is 8.42 Å². The Morgan fingerprint density at radius 2 is 1.58 bits per heavy atom. The topological polar surface area (TPSA) is 47.7 Å². The zero-order chi connectivity index (χ0) is 13.9. The fourth-order valence-electron chi connectivity index (χ4n) is 1.46. The molecule has 0 aromatic heterocycles. The van der Waals surface area contributed by atoms with Gasteiger partial charge >= 0.3 is 10.1 Å². The molecule has 0 saturated heterocycles. The fourth-order valence-corrected chi connectivity index (χ4v) is 2.39. The molecule has 0 unspecified atom stereocenters. The maximum atomic E-state index is 12.0. The van der Waals surface area contributed by atoms with Crippen LogP contribution in [0, 0.1) is 13.5 Å². The predicted molar refractivity (Wildman–Crippen MR) is 71.7 cm³/mol. The first kappa shape index (κ1) is 13.1. The second-order valence-corrected chi connectivity index (χ2v) is 5.50. The van der Waals surface area contributed by atoms with E-state index in [1.807, 2.05) is 6.92 Å². The van der Waals surface area contributed by atoms with E-state index in [9.17, 15) is 8.42 Å². The Balaban J connectivity index is 2.26. The lowest BCUT2D eigenvalue weighted by Gasteiger charge is -2.07. The van der Waals surface area contributed by atoms with E-state index in [-0.39, 0.29) is 10.6 Å². The molecule has 0 N–H and O–H groups in total. The quantitative estimate of drug-likeness (QED) is 0.636. The minimum atomic E-state index is -3.83. The summed E-state index contributed by atoms with van der Waals surface area (Å²) in [7, 11) is -3.83. The molecule has 2 aromatic rings. The normalized spacial score (nSPS) is 10.7. The van der Waals surface area contributed by atoms with Crippen LogP contribution >= 0.6 is 0 Å². The molecule has 0 aliphatic carbocycles. The zero-order valence-electron chi connectivity index (χ0n) is 10.2. The van der Waals surface area contributed by atoms with Crippen LogP contribution in [0.25, 0.3) is 4.85 Å². The minimum absolute atomic E-state index is 0.104. The molecule has 5 heteroatoms. The minimum Gasteiger partial charge on any atom is -0.379 e. The molecule has 19 heavy (non-hydrogen) atoms. The molecule has 0 spiro atoms. The summed E-state index contributed by atoms with van der Waals surface area (Å²) in [5.41, 5.74) is 1.40. The van der Waals surface area contributed by atoms with Crippen molar-refractivity contribution in [2.75, 3.05) is 0 Å². The van der Waals surface area contributed by atoms with Gasteiger partial charge in [-0.05, 0) is 31.2 Å². The molecule has 0 atom stereocenters. The molecule has 0 radical (unpaired) electrons. The van der Waals surface area contributed by atoms with Crippen molar-refractivity contribution in [3.05, 3.63) is 65.5 Å². The van der Waals surface area contributed by atoms with Gasteiger partial charge in [0.1, 0.15) is 10.6 Å². The molecular weight excluding hydrogens is 262 g/mol. The van der Waals surface area contributed by atoms with E-state index in [4.69, 9.17) is 10.8 Å². The molecule has 2 rings (SSSR count). The summed E-state index contributed by atoms with van der Waals surface area (Å²) in [5.74, 6) is 0.188. The van der Waals surface area contributed by atoms with Gasteiger partial charge in [0.25, 0.3) is 0 Å². The molecule has 0 aliphatic rings. The maximum absolute atomic E-state index is 12.0. The van der Waals surface area contributed by atoms with Crippen molar-refractivity contribution < 1.29 is 12.6 Å². The highest BCUT2D eigenvalue weighted by atomic mass is 32.2. The molecule has 0 fully saturated rings. The lowest BCUT2D eigenvalue weighted by Crippen LogP contribution is -2.09. The molecule has 0 bridgehead atoms. The second kappa shape index (κ2) is 5.12. The fraction of sp³-hybridized carbons (Fsp3) is 0.0714. The van der Waals surface area contributed by atoms with Crippen LogP contribution in [0.1, 0.15) is 5.56 Å². The van der Waals surface area contributed by atoms with Gasteiger partial charge in [-0.1, -0.05) is 29.8 Å². The third-order valence-electron chi connectivity index (χ3n) is 2.48. The highest BCUT2D eigenvalue weighted by Gasteiger charge is 2.16. The molecule has 0 amide bonds. The monoisotopic (exact) mass is 273 g/mol. The predicted octanol–water partition coefficient (Wildman–Crippen LogP) is 3.31. The number of hydrogen-bond donors (Lipinski definition) is 0. The van der Waals surface area contributed by atoms with Crippen LogP contribution < -0.4 is 4.18 Å². The van der Waals surface area contributed by atoms with Gasteiger partial charge < -0.3 is 4.18 Å². The summed E-state index contributed by atoms with van der Waals surface area (Å²) in [6, 6.07) is 12.3. The van der Waals surface area contributed by atoms with Crippen molar-refractivity contribution in [3.8, 4) is 5.75 Å². The van der Waals surface area contributed by atoms with Crippen LogP contribution in [0.5, 0.6) is 5.75 Å². The number of hydrogen-bond acceptors (Lipinski definition) is 3. The first-order valence-corrected chi connectivity index (χ1v) is 6.91. The summed E-state index contributed by atoms with van der Waals surface area (Å²) < 4.78 is 29.0. The van der Waals surface area contributed by atoms with Crippen LogP contribution in [0.15, 0.2) is 53.4 Å². The van der Waals surface area contributed by atoms with E-state index in [0.29, 0.717) is 5.69 Å². The average Bonchev–Trinajstić information content (AvgIpc) is 2.40. The average molecular weight is 273 g/mol. The van der Waals surface area contributed by atoms with Crippen molar-refractivity contribution in [1.82, 2.24) is 0 Å². The molecule has 96 valence electrons. The summed E-state index contributed by atoms with van der Waals surface area (Å²) in [5, 5.41) is 0. The smallest absolute Gasteiger partial charge is 0.339 e. The highest BCUT2D eigenvalue weighted by molar-refractivity contribution is 7.87. The molecule has 4 nitrogen and oxygen atoms in total. The van der Waals surface area contributed by atoms with Gasteiger partial charge in [0.05, 0.1) is 6.57 Å². The first-order chi connectivity index (χ1) is 9.01. The molecule has 0 saturated carbocycles. The SMILES string of the molecule is [C-]#[N+]c1ccc(OS(=O)(=O)c2ccc(C)cc2)cc1. The van der Waals surface area contributed by atoms with Gasteiger partial charge in [-0.15, -0.1) is 0 Å². The third-order valence-corrected chi connectivity index (χ3v) is 3.74. The van der Waals surface area contributed by atoms with Gasteiger partial charge in [0.2, 0.25) is 0 Å². The van der Waals surface area contributed by atoms with Crippen molar-refractivity contribution in [2.45, 2.75) is 11.8 Å². The summed E-state index contributed by atoms with van der Waals surface area (Å²) in [4.78, 5) is 3.33. The molecular formula is C14H11NO3S. The lowest BCUT2D eigenvalue weighted by atomic mass is 10.2. The highest BCUT2D eigenvalue weighted by Crippen LogP contribution is 2.22. The van der Waals surface area contributed by atoms with Gasteiger partial charge in [0, 0.05) is 0 Å². The van der Waals surface area contributed by atoms with Crippen LogP contribution in [0.3, 0.4) is 0 Å². The number of nitrogens with zero attached hydrogens (tertiary/aromatic N) is 1. The molecule has 0 aliphatic heterocycles. The van der Waals surface area contributed by atoms with E-state index in [2.05, 4.69) is 4.85 Å². The van der Waals surface area contributed by atoms with E-state index in [1.54, 1.807) is 12.1 Å². The van der Waals surface area contributed by atoms with E-state index < -0.39 is 10.1 Å². The van der Waals surface area contributed by atoms with Gasteiger partial charge in [-0.3, -0.25) is 0 Å². The van der Waals surface area contributed by atoms with E-state index in [1.165, 1.54) is 36.4 Å². The summed E-state index contributed by atoms with van der Waals surface area (Å²) in [6.45, 7) is 8.69. The van der Waals surface area contributed by atoms with Crippen molar-refractivity contribution >= 4 is 15.8 Å². The Labute approximate surface area is 112 Å². The van der Waals surface area contributed by atoms with Gasteiger partial charge in [-0.25, -0.2) is 4.85 Å². The van der Waals surface area contributed by atoms with Crippen molar-refractivity contribution in [3.63, 3.8) is 0 Å². The maximum Gasteiger partial charge on any atom is 0.339 e. The summed E-state index contributed by atoms with van der Waals surface area (Å²) >= 11 is 0. The van der Waals surface area contributed by atoms with E-state index in [0.717, 1.165) is 5.56 Å². The number of rotatable bonds is 3. The molecule has 0 heterocycles. The largest absolute Gasteiger partial charge is 0.379 e. The Kier molecular flexibility index (Phi) is 3.54. The zero-order valence-corrected chi connectivity index (χ0v) is 11.0. The Morgan fingerprint density at radius 3 is 2.11 bits per heavy atom. The summed E-state index contributed by atoms with van der Waals surface area (Å²) in [6.07, 6.45) is 0. The van der Waals surface area contributed by atoms with E-state index >= 15 is 0 Å². The van der Waals surface area contributed by atoms with Crippen LogP contribution in [0.4, 0.5) is 5.69 Å². The number of benzene rings is 2. The van der Waals surface area contributed by atoms with Crippen LogP contribution in [-0.4, -0.2) is 8.42 Å². The standard InChI is InChI=1S/C14H11NO3S/c1-11-3-9-14(10-4-11)19(16,17)18-13-7-5-12(15-2)6-8-13/h3-10H,1H3. The number of aryl methyl sites for hydroxylation is 1. The van der Waals surface area contributed by atoms with Crippen molar-refractivity contribution in [1.29, 1.82) is 0 Å². The third kappa shape index (κ3) is 3.12. The van der Waals surface area contributed by atoms with Crippen molar-refractivity contribution in [2.24, 2.45) is 0 Å². The lowest BCUT2D eigenvalue weighted by molar-refractivity contribution is 0.486. The van der Waals surface area contributed by atoms with Gasteiger partial charge in [0.15, 0.2) is 5.69 Å². The van der Waals surface area contributed by atoms with Crippen LogP contribution in [-0.2, 0) is 10.1 Å². The molecule has 2 aromatic carbocycles. The first-order valence-electron chi connectivity index (χ1n) is 5.50.